The maximum absolute atomic E-state index is 13.9. The highest BCUT2D eigenvalue weighted by Crippen LogP contribution is 2.52. The molecule has 0 aromatic heterocycles. The van der Waals surface area contributed by atoms with Gasteiger partial charge in [-0.2, -0.15) is 0 Å². The zero-order chi connectivity index (χ0) is 24.5. The van der Waals surface area contributed by atoms with Gasteiger partial charge in [0.15, 0.2) is 0 Å². The number of aryl methyl sites for hydroxylation is 1. The number of benzene rings is 2. The van der Waals surface area contributed by atoms with E-state index < -0.39 is 29.4 Å². The summed E-state index contributed by atoms with van der Waals surface area (Å²) in [5.41, 5.74) is 1.12. The van der Waals surface area contributed by atoms with Gasteiger partial charge < -0.3 is 9.47 Å². The van der Waals surface area contributed by atoms with E-state index in [2.05, 4.69) is 5.32 Å². The molecule has 0 saturated carbocycles. The molecule has 2 aromatic carbocycles. The Labute approximate surface area is 200 Å². The first-order valence-corrected chi connectivity index (χ1v) is 12.0. The molecule has 7 nitrogen and oxygen atoms in total. The number of nitrogens with one attached hydrogen (secondary N) is 1. The number of hydrogen-bond acceptors (Lipinski definition) is 6. The molecule has 2 aliphatic heterocycles. The maximum Gasteiger partial charge on any atom is 0.327 e. The number of nitrogens with zero attached hydrogens (tertiary/aromatic N) is 1. The number of anilines is 1. The number of rotatable bonds is 8. The van der Waals surface area contributed by atoms with Crippen molar-refractivity contribution >= 4 is 23.5 Å². The number of carbonyl (C=O) groups is 3. The first kappa shape index (κ1) is 24.0. The van der Waals surface area contributed by atoms with E-state index in [-0.39, 0.29) is 18.4 Å². The summed E-state index contributed by atoms with van der Waals surface area (Å²) in [7, 11) is 0. The largest absolute Gasteiger partial charge is 0.494 e. The SMILES string of the molecule is CCC[C@]1(C(=O)OCC)N[C@H](c2ccccc2C)[C@H]2C(=O)N(c3ccc(OCC)cc3)C(=O)[C@H]21. The van der Waals surface area contributed by atoms with Crippen LogP contribution in [0.2, 0.25) is 0 Å². The Morgan fingerprint density at radius 1 is 1.00 bits per heavy atom. The quantitative estimate of drug-likeness (QED) is 0.470. The summed E-state index contributed by atoms with van der Waals surface area (Å²) in [4.78, 5) is 42.4. The highest BCUT2D eigenvalue weighted by atomic mass is 16.5. The lowest BCUT2D eigenvalue weighted by atomic mass is 9.76. The standard InChI is InChI=1S/C27H32N2O5/c1-5-16-27(26(32)34-7-3)22-21(23(28-27)20-11-9-8-10-17(20)4)24(30)29(25(22)31)18-12-14-19(15-13-18)33-6-2/h8-15,21-23,28H,5-7,16H2,1-4H3/t21-,22-,23+,27-/m0/s1. The number of carbonyl (C=O) groups excluding carboxylic acids is 3. The lowest BCUT2D eigenvalue weighted by molar-refractivity contribution is -0.155. The van der Waals surface area contributed by atoms with Gasteiger partial charge in [0, 0.05) is 6.04 Å². The Morgan fingerprint density at radius 3 is 2.32 bits per heavy atom. The summed E-state index contributed by atoms with van der Waals surface area (Å²) < 4.78 is 11.0. The minimum atomic E-state index is -1.27. The first-order valence-electron chi connectivity index (χ1n) is 12.0. The third-order valence-corrected chi connectivity index (χ3v) is 6.87. The van der Waals surface area contributed by atoms with Gasteiger partial charge in [0.1, 0.15) is 11.3 Å². The van der Waals surface area contributed by atoms with Crippen molar-refractivity contribution in [1.82, 2.24) is 5.32 Å². The van der Waals surface area contributed by atoms with Gasteiger partial charge in [-0.25, -0.2) is 4.90 Å². The van der Waals surface area contributed by atoms with Crippen LogP contribution < -0.4 is 15.0 Å². The van der Waals surface area contributed by atoms with Crippen LogP contribution >= 0.6 is 0 Å². The highest BCUT2D eigenvalue weighted by molar-refractivity contribution is 6.24. The molecule has 1 N–H and O–H groups in total. The molecule has 180 valence electrons. The molecule has 34 heavy (non-hydrogen) atoms. The number of ether oxygens (including phenoxy) is 2. The van der Waals surface area contributed by atoms with Crippen LogP contribution in [0.15, 0.2) is 48.5 Å². The van der Waals surface area contributed by atoms with Gasteiger partial charge in [0.05, 0.1) is 30.7 Å². The molecule has 0 bridgehead atoms. The van der Waals surface area contributed by atoms with Gasteiger partial charge in [-0.3, -0.25) is 19.7 Å². The van der Waals surface area contributed by atoms with Gasteiger partial charge >= 0.3 is 5.97 Å². The fraction of sp³-hybridized carbons (Fsp3) is 0.444. The molecule has 0 spiro atoms. The van der Waals surface area contributed by atoms with Gasteiger partial charge in [-0.1, -0.05) is 37.6 Å². The van der Waals surface area contributed by atoms with E-state index in [4.69, 9.17) is 9.47 Å². The number of amides is 2. The van der Waals surface area contributed by atoms with Crippen molar-refractivity contribution in [2.45, 2.75) is 52.1 Å². The highest BCUT2D eigenvalue weighted by Gasteiger charge is 2.68. The molecule has 2 fully saturated rings. The van der Waals surface area contributed by atoms with Crippen LogP contribution in [0.3, 0.4) is 0 Å². The molecule has 0 radical (unpaired) electrons. The van der Waals surface area contributed by atoms with Crippen LogP contribution in [-0.2, 0) is 19.1 Å². The van der Waals surface area contributed by atoms with Gasteiger partial charge in [0.25, 0.3) is 0 Å². The monoisotopic (exact) mass is 464 g/mol. The zero-order valence-corrected chi connectivity index (χ0v) is 20.2. The third kappa shape index (κ3) is 3.78. The predicted molar refractivity (Wildman–Crippen MR) is 128 cm³/mol. The smallest absolute Gasteiger partial charge is 0.327 e. The molecule has 2 aromatic rings. The zero-order valence-electron chi connectivity index (χ0n) is 20.2. The topological polar surface area (TPSA) is 84.9 Å². The Balaban J connectivity index is 1.83. The lowest BCUT2D eigenvalue weighted by Crippen LogP contribution is -2.56. The second-order valence-electron chi connectivity index (χ2n) is 8.86. The van der Waals surface area contributed by atoms with Crippen molar-refractivity contribution in [3.8, 4) is 5.75 Å². The van der Waals surface area contributed by atoms with Gasteiger partial charge in [-0.05, 0) is 62.6 Å². The molecule has 2 amide bonds. The summed E-state index contributed by atoms with van der Waals surface area (Å²) >= 11 is 0. The predicted octanol–water partition coefficient (Wildman–Crippen LogP) is 3.95. The molecular weight excluding hydrogens is 432 g/mol. The van der Waals surface area contributed by atoms with E-state index in [0.717, 1.165) is 11.1 Å². The number of fused-ring (bicyclic) bond motifs is 1. The summed E-state index contributed by atoms with van der Waals surface area (Å²) in [5.74, 6) is -2.05. The van der Waals surface area contributed by atoms with Crippen LogP contribution in [0.5, 0.6) is 5.75 Å². The first-order chi connectivity index (χ1) is 16.4. The maximum atomic E-state index is 13.9. The Bertz CT molecular complexity index is 1080. The van der Waals surface area contributed by atoms with Crippen molar-refractivity contribution in [1.29, 1.82) is 0 Å². The van der Waals surface area contributed by atoms with E-state index in [9.17, 15) is 14.4 Å². The van der Waals surface area contributed by atoms with Crippen LogP contribution in [0, 0.1) is 18.8 Å². The second-order valence-corrected chi connectivity index (χ2v) is 8.86. The Kier molecular flexibility index (Phi) is 6.75. The van der Waals surface area contributed by atoms with E-state index in [0.29, 0.717) is 30.9 Å². The molecule has 0 aliphatic carbocycles. The third-order valence-electron chi connectivity index (χ3n) is 6.87. The fourth-order valence-corrected chi connectivity index (χ4v) is 5.49. The van der Waals surface area contributed by atoms with E-state index in [1.165, 1.54) is 4.90 Å². The molecule has 7 heteroatoms. The minimum absolute atomic E-state index is 0.198. The van der Waals surface area contributed by atoms with Gasteiger partial charge in [-0.15, -0.1) is 0 Å². The number of hydrogen-bond donors (Lipinski definition) is 1. The summed E-state index contributed by atoms with van der Waals surface area (Å²) in [6, 6.07) is 14.2. The van der Waals surface area contributed by atoms with Crippen molar-refractivity contribution in [3.63, 3.8) is 0 Å². The Morgan fingerprint density at radius 2 is 1.71 bits per heavy atom. The van der Waals surface area contributed by atoms with E-state index in [1.807, 2.05) is 45.0 Å². The van der Waals surface area contributed by atoms with Crippen LogP contribution in [0.25, 0.3) is 0 Å². The van der Waals surface area contributed by atoms with Gasteiger partial charge in [0.2, 0.25) is 11.8 Å². The second kappa shape index (κ2) is 9.58. The number of imide groups is 1. The Hall–Kier alpha value is -3.19. The summed E-state index contributed by atoms with van der Waals surface area (Å²) in [6.07, 6.45) is 1.05. The van der Waals surface area contributed by atoms with Crippen LogP contribution in [0.4, 0.5) is 5.69 Å². The molecular formula is C27H32N2O5. The molecule has 4 rings (SSSR count). The van der Waals surface area contributed by atoms with Crippen molar-refractivity contribution in [3.05, 3.63) is 59.7 Å². The number of esters is 1. The van der Waals surface area contributed by atoms with E-state index >= 15 is 0 Å². The van der Waals surface area contributed by atoms with E-state index in [1.54, 1.807) is 31.2 Å². The molecule has 2 heterocycles. The summed E-state index contributed by atoms with van der Waals surface area (Å²) in [5, 5.41) is 3.44. The van der Waals surface area contributed by atoms with Crippen LogP contribution in [0.1, 0.15) is 50.8 Å². The summed E-state index contributed by atoms with van der Waals surface area (Å²) in [6.45, 7) is 8.30. The van der Waals surface area contributed by atoms with Crippen LogP contribution in [-0.4, -0.2) is 36.5 Å². The molecule has 0 unspecified atom stereocenters. The van der Waals surface area contributed by atoms with Crippen molar-refractivity contribution < 1.29 is 23.9 Å². The average molecular weight is 465 g/mol. The minimum Gasteiger partial charge on any atom is -0.494 e. The fourth-order valence-electron chi connectivity index (χ4n) is 5.49. The van der Waals surface area contributed by atoms with Crippen molar-refractivity contribution in [2.24, 2.45) is 11.8 Å². The lowest BCUT2D eigenvalue weighted by Gasteiger charge is -2.32. The van der Waals surface area contributed by atoms with Crippen molar-refractivity contribution in [2.75, 3.05) is 18.1 Å². The molecule has 2 aliphatic rings. The molecule has 4 atom stereocenters. The normalized spacial score (nSPS) is 26.0. The average Bonchev–Trinajstić information content (AvgIpc) is 3.30. The molecule has 2 saturated heterocycles.